The van der Waals surface area contributed by atoms with Crippen molar-refractivity contribution in [3.05, 3.63) is 21.3 Å². The Morgan fingerprint density at radius 2 is 2.06 bits per heavy atom. The van der Waals surface area contributed by atoms with Crippen molar-refractivity contribution in [1.29, 1.82) is 0 Å². The molecule has 4 heteroatoms. The Balaban J connectivity index is 2.20. The number of thiophene rings is 1. The number of hydrogen-bond donors (Lipinski definition) is 1. The van der Waals surface area contributed by atoms with Gasteiger partial charge in [0.2, 0.25) is 0 Å². The van der Waals surface area contributed by atoms with Crippen LogP contribution in [0.5, 0.6) is 0 Å². The van der Waals surface area contributed by atoms with Crippen LogP contribution in [0.3, 0.4) is 0 Å². The number of halogens is 2. The highest BCUT2D eigenvalue weighted by atomic mass is 35.5. The molecule has 0 fully saturated rings. The summed E-state index contributed by atoms with van der Waals surface area (Å²) >= 11 is 13.7. The van der Waals surface area contributed by atoms with E-state index in [2.05, 4.69) is 26.1 Å². The molecule has 0 aliphatic rings. The zero-order chi connectivity index (χ0) is 12.2. The monoisotopic (exact) mass is 279 g/mol. The number of rotatable bonds is 5. The number of nitrogens with one attached hydrogen (secondary N) is 1. The summed E-state index contributed by atoms with van der Waals surface area (Å²) in [5.74, 6) is 0. The summed E-state index contributed by atoms with van der Waals surface area (Å²) in [7, 11) is 0. The van der Waals surface area contributed by atoms with E-state index < -0.39 is 0 Å². The SMILES string of the molecule is CC(C)(C)CC(Cl)CNCc1ccc(Cl)s1. The van der Waals surface area contributed by atoms with Crippen molar-refractivity contribution >= 4 is 34.5 Å². The molecule has 1 N–H and O–H groups in total. The minimum Gasteiger partial charge on any atom is -0.310 e. The lowest BCUT2D eigenvalue weighted by molar-refractivity contribution is 0.365. The van der Waals surface area contributed by atoms with Crippen LogP contribution in [0.25, 0.3) is 0 Å². The number of hydrogen-bond acceptors (Lipinski definition) is 2. The second-order valence-corrected chi connectivity index (χ2v) is 7.62. The molecule has 0 aliphatic heterocycles. The molecule has 0 saturated carbocycles. The van der Waals surface area contributed by atoms with E-state index in [0.717, 1.165) is 23.8 Å². The fourth-order valence-corrected chi connectivity index (χ4v) is 3.16. The maximum Gasteiger partial charge on any atom is 0.0931 e. The minimum absolute atomic E-state index is 0.190. The van der Waals surface area contributed by atoms with Gasteiger partial charge in [-0.05, 0) is 24.0 Å². The molecule has 0 amide bonds. The first kappa shape index (κ1) is 14.3. The standard InChI is InChI=1S/C12H19Cl2NS/c1-12(2,3)6-9(13)7-15-8-10-4-5-11(14)16-10/h4-5,9,15H,6-8H2,1-3H3. The summed E-state index contributed by atoms with van der Waals surface area (Å²) in [5, 5.41) is 3.55. The van der Waals surface area contributed by atoms with Crippen molar-refractivity contribution in [1.82, 2.24) is 5.32 Å². The predicted molar refractivity (Wildman–Crippen MR) is 74.7 cm³/mol. The van der Waals surface area contributed by atoms with Gasteiger partial charge in [-0.1, -0.05) is 32.4 Å². The lowest BCUT2D eigenvalue weighted by atomic mass is 9.90. The van der Waals surface area contributed by atoms with E-state index in [1.807, 2.05) is 12.1 Å². The van der Waals surface area contributed by atoms with E-state index in [0.29, 0.717) is 5.41 Å². The lowest BCUT2D eigenvalue weighted by Gasteiger charge is -2.21. The maximum absolute atomic E-state index is 6.25. The van der Waals surface area contributed by atoms with E-state index in [4.69, 9.17) is 23.2 Å². The Labute approximate surface area is 112 Å². The first-order chi connectivity index (χ1) is 7.37. The van der Waals surface area contributed by atoms with Crippen LogP contribution in [-0.4, -0.2) is 11.9 Å². The molecule has 1 unspecified atom stereocenters. The quantitative estimate of drug-likeness (QED) is 0.781. The van der Waals surface area contributed by atoms with E-state index in [1.54, 1.807) is 11.3 Å². The van der Waals surface area contributed by atoms with E-state index in [-0.39, 0.29) is 5.38 Å². The third-order valence-electron chi connectivity index (χ3n) is 2.13. The molecule has 0 radical (unpaired) electrons. The molecule has 1 aromatic heterocycles. The summed E-state index contributed by atoms with van der Waals surface area (Å²) in [4.78, 5) is 1.25. The van der Waals surface area contributed by atoms with Crippen LogP contribution in [-0.2, 0) is 6.54 Å². The van der Waals surface area contributed by atoms with Gasteiger partial charge < -0.3 is 5.32 Å². The van der Waals surface area contributed by atoms with Crippen LogP contribution in [0.4, 0.5) is 0 Å². The van der Waals surface area contributed by atoms with Gasteiger partial charge in [0, 0.05) is 23.3 Å². The van der Waals surface area contributed by atoms with Crippen LogP contribution >= 0.6 is 34.5 Å². The average Bonchev–Trinajstić information content (AvgIpc) is 2.48. The Hall–Kier alpha value is 0.240. The van der Waals surface area contributed by atoms with E-state index in [1.165, 1.54) is 4.88 Å². The fourth-order valence-electron chi connectivity index (χ4n) is 1.54. The summed E-state index contributed by atoms with van der Waals surface area (Å²) in [6, 6.07) is 3.98. The van der Waals surface area contributed by atoms with E-state index in [9.17, 15) is 0 Å². The highest BCUT2D eigenvalue weighted by Gasteiger charge is 2.16. The first-order valence-electron chi connectivity index (χ1n) is 5.46. The molecule has 1 nitrogen and oxygen atoms in total. The van der Waals surface area contributed by atoms with Gasteiger partial charge in [0.15, 0.2) is 0 Å². The highest BCUT2D eigenvalue weighted by molar-refractivity contribution is 7.16. The Morgan fingerprint density at radius 1 is 1.38 bits per heavy atom. The number of alkyl halides is 1. The zero-order valence-corrected chi connectivity index (χ0v) is 12.3. The fraction of sp³-hybridized carbons (Fsp3) is 0.667. The maximum atomic E-state index is 6.25. The molecule has 0 aromatic carbocycles. The Kier molecular flexibility index (Phi) is 5.58. The van der Waals surface area contributed by atoms with Crippen molar-refractivity contribution in [3.63, 3.8) is 0 Å². The van der Waals surface area contributed by atoms with Crippen molar-refractivity contribution in [3.8, 4) is 0 Å². The Morgan fingerprint density at radius 3 is 2.56 bits per heavy atom. The molecule has 0 spiro atoms. The van der Waals surface area contributed by atoms with Crippen LogP contribution in [0, 0.1) is 5.41 Å². The predicted octanol–water partition coefficient (Wildman–Crippen LogP) is 4.53. The first-order valence-corrected chi connectivity index (χ1v) is 7.09. The third-order valence-corrected chi connectivity index (χ3v) is 3.67. The van der Waals surface area contributed by atoms with Crippen molar-refractivity contribution in [2.24, 2.45) is 5.41 Å². The van der Waals surface area contributed by atoms with Crippen LogP contribution in [0.2, 0.25) is 4.34 Å². The van der Waals surface area contributed by atoms with E-state index >= 15 is 0 Å². The largest absolute Gasteiger partial charge is 0.310 e. The van der Waals surface area contributed by atoms with Gasteiger partial charge in [-0.15, -0.1) is 22.9 Å². The van der Waals surface area contributed by atoms with Gasteiger partial charge in [-0.25, -0.2) is 0 Å². The highest BCUT2D eigenvalue weighted by Crippen LogP contribution is 2.24. The minimum atomic E-state index is 0.190. The lowest BCUT2D eigenvalue weighted by Crippen LogP contribution is -2.26. The summed E-state index contributed by atoms with van der Waals surface area (Å²) in [5.41, 5.74) is 0.292. The molecule has 1 heterocycles. The summed E-state index contributed by atoms with van der Waals surface area (Å²) in [6.45, 7) is 8.32. The van der Waals surface area contributed by atoms with Crippen LogP contribution < -0.4 is 5.32 Å². The van der Waals surface area contributed by atoms with Gasteiger partial charge in [0.25, 0.3) is 0 Å². The van der Waals surface area contributed by atoms with Gasteiger partial charge in [-0.2, -0.15) is 0 Å². The Bertz CT molecular complexity index is 317. The van der Waals surface area contributed by atoms with Crippen molar-refractivity contribution in [2.45, 2.75) is 39.1 Å². The average molecular weight is 280 g/mol. The second-order valence-electron chi connectivity index (χ2n) is 5.20. The molecule has 92 valence electrons. The third kappa shape index (κ3) is 6.09. The molecule has 16 heavy (non-hydrogen) atoms. The molecule has 0 saturated heterocycles. The topological polar surface area (TPSA) is 12.0 Å². The summed E-state index contributed by atoms with van der Waals surface area (Å²) < 4.78 is 0.842. The van der Waals surface area contributed by atoms with Crippen LogP contribution in [0.1, 0.15) is 32.1 Å². The zero-order valence-electron chi connectivity index (χ0n) is 10.0. The van der Waals surface area contributed by atoms with Crippen LogP contribution in [0.15, 0.2) is 12.1 Å². The molecular formula is C12H19Cl2NS. The molecule has 0 aliphatic carbocycles. The van der Waals surface area contributed by atoms with Gasteiger partial charge in [0.05, 0.1) is 4.34 Å². The molecule has 1 rings (SSSR count). The molecular weight excluding hydrogens is 261 g/mol. The smallest absolute Gasteiger partial charge is 0.0931 e. The van der Waals surface area contributed by atoms with Gasteiger partial charge in [-0.3, -0.25) is 0 Å². The van der Waals surface area contributed by atoms with Gasteiger partial charge >= 0.3 is 0 Å². The molecule has 1 aromatic rings. The van der Waals surface area contributed by atoms with Gasteiger partial charge in [0.1, 0.15) is 0 Å². The summed E-state index contributed by atoms with van der Waals surface area (Å²) in [6.07, 6.45) is 1.02. The second kappa shape index (κ2) is 6.25. The normalized spacial score (nSPS) is 14.1. The van der Waals surface area contributed by atoms with Crippen molar-refractivity contribution in [2.75, 3.05) is 6.54 Å². The van der Waals surface area contributed by atoms with Crippen molar-refractivity contribution < 1.29 is 0 Å². The molecule has 1 atom stereocenters. The molecule has 0 bridgehead atoms.